The quantitative estimate of drug-likeness (QED) is 0.174. The summed E-state index contributed by atoms with van der Waals surface area (Å²) >= 11 is 6.99. The topological polar surface area (TPSA) is 108 Å². The van der Waals surface area contributed by atoms with Crippen molar-refractivity contribution in [3.63, 3.8) is 0 Å². The maximum Gasteiger partial charge on any atom is 0.416 e. The zero-order chi connectivity index (χ0) is 27.9. The summed E-state index contributed by atoms with van der Waals surface area (Å²) in [6.45, 7) is -0.0629. The normalized spacial score (nSPS) is 15.8. The number of nitrogens with zero attached hydrogens (tertiary/aromatic N) is 2. The first kappa shape index (κ1) is 26.4. The number of alkyl halides is 3. The van der Waals surface area contributed by atoms with Gasteiger partial charge in [0.1, 0.15) is 5.75 Å². The molecule has 0 atom stereocenters. The minimum absolute atomic E-state index is 0.0361. The molecule has 0 radical (unpaired) electrons. The summed E-state index contributed by atoms with van der Waals surface area (Å²) in [5.74, 6) is 0.0102. The number of rotatable bonds is 6. The number of halogens is 4. The molecule has 2 aliphatic rings. The largest absolute Gasteiger partial charge is 0.454 e. The van der Waals surface area contributed by atoms with Gasteiger partial charge in [0.15, 0.2) is 11.5 Å². The fourth-order valence-corrected chi connectivity index (χ4v) is 4.81. The lowest BCUT2D eigenvalue weighted by Gasteiger charge is -2.14. The molecular formula is C25H14ClF3N2O7S. The lowest BCUT2D eigenvalue weighted by molar-refractivity contribution is -0.385. The monoisotopic (exact) mass is 578 g/mol. The van der Waals surface area contributed by atoms with Crippen LogP contribution in [0, 0.1) is 10.1 Å². The molecule has 0 unspecified atom stereocenters. The molecule has 3 aromatic rings. The van der Waals surface area contributed by atoms with E-state index in [2.05, 4.69) is 0 Å². The van der Waals surface area contributed by atoms with Crippen LogP contribution < -0.4 is 14.2 Å². The van der Waals surface area contributed by atoms with Gasteiger partial charge in [-0.15, -0.1) is 0 Å². The van der Waals surface area contributed by atoms with Crippen LogP contribution in [0.1, 0.15) is 16.7 Å². The van der Waals surface area contributed by atoms with Gasteiger partial charge in [0.05, 0.1) is 21.9 Å². The van der Waals surface area contributed by atoms with Crippen molar-refractivity contribution < 1.29 is 41.9 Å². The third-order valence-electron chi connectivity index (χ3n) is 5.61. The van der Waals surface area contributed by atoms with Crippen LogP contribution in [-0.2, 0) is 17.5 Å². The molecule has 200 valence electrons. The van der Waals surface area contributed by atoms with Gasteiger partial charge >= 0.3 is 11.9 Å². The van der Waals surface area contributed by atoms with Crippen molar-refractivity contribution in [2.45, 2.75) is 12.7 Å². The van der Waals surface area contributed by atoms with Gasteiger partial charge in [0, 0.05) is 17.2 Å². The second kappa shape index (κ2) is 10.2. The maximum atomic E-state index is 13.0. The third kappa shape index (κ3) is 5.49. The summed E-state index contributed by atoms with van der Waals surface area (Å²) < 4.78 is 55.0. The van der Waals surface area contributed by atoms with Crippen molar-refractivity contribution in [2.24, 2.45) is 0 Å². The highest BCUT2D eigenvalue weighted by atomic mass is 35.5. The third-order valence-corrected chi connectivity index (χ3v) is 6.87. The number of fused-ring (bicyclic) bond motifs is 1. The first-order valence-corrected chi connectivity index (χ1v) is 12.2. The average Bonchev–Trinajstić information content (AvgIpc) is 3.42. The predicted octanol–water partition coefficient (Wildman–Crippen LogP) is 7.02. The van der Waals surface area contributed by atoms with Crippen molar-refractivity contribution in [2.75, 3.05) is 6.79 Å². The minimum atomic E-state index is -4.76. The second-order valence-corrected chi connectivity index (χ2v) is 9.58. The first-order chi connectivity index (χ1) is 18.5. The molecule has 1 fully saturated rings. The molecule has 0 saturated carbocycles. The highest BCUT2D eigenvalue weighted by Gasteiger charge is 2.36. The van der Waals surface area contributed by atoms with E-state index in [0.717, 1.165) is 11.0 Å². The zero-order valence-corrected chi connectivity index (χ0v) is 20.9. The summed E-state index contributed by atoms with van der Waals surface area (Å²) in [6, 6.07) is 11.0. The zero-order valence-electron chi connectivity index (χ0n) is 19.4. The molecule has 9 nitrogen and oxygen atoms in total. The van der Waals surface area contributed by atoms with Crippen molar-refractivity contribution >= 4 is 46.3 Å². The Bertz CT molecular complexity index is 1560. The van der Waals surface area contributed by atoms with E-state index < -0.39 is 39.2 Å². The Kier molecular flexibility index (Phi) is 6.87. The smallest absolute Gasteiger partial charge is 0.416 e. The molecule has 39 heavy (non-hydrogen) atoms. The van der Waals surface area contributed by atoms with Crippen molar-refractivity contribution in [1.82, 2.24) is 4.90 Å². The van der Waals surface area contributed by atoms with Crippen LogP contribution in [0.5, 0.6) is 23.0 Å². The SMILES string of the molecule is O=C1S/C(=C/c2cccc(Oc3ccc(C(F)(F)F)cc3[N+](=O)[O-])c2)C(=O)N1Cc1cc2c(cc1Cl)OCO2. The van der Waals surface area contributed by atoms with Crippen LogP contribution in [-0.4, -0.2) is 27.8 Å². The maximum absolute atomic E-state index is 13.0. The van der Waals surface area contributed by atoms with E-state index in [1.807, 2.05) is 0 Å². The molecule has 3 aromatic carbocycles. The molecule has 5 rings (SSSR count). The molecule has 1 saturated heterocycles. The number of amides is 2. The average molecular weight is 579 g/mol. The van der Waals surface area contributed by atoms with Crippen LogP contribution in [0.25, 0.3) is 6.08 Å². The van der Waals surface area contributed by atoms with Crippen molar-refractivity contribution in [3.05, 3.63) is 91.3 Å². The molecule has 2 aliphatic heterocycles. The first-order valence-electron chi connectivity index (χ1n) is 11.0. The second-order valence-electron chi connectivity index (χ2n) is 8.18. The van der Waals surface area contributed by atoms with E-state index in [0.29, 0.717) is 51.5 Å². The van der Waals surface area contributed by atoms with E-state index >= 15 is 0 Å². The van der Waals surface area contributed by atoms with E-state index in [9.17, 15) is 32.9 Å². The summed E-state index contributed by atoms with van der Waals surface area (Å²) in [4.78, 5) is 37.1. The number of thioether (sulfide) groups is 1. The molecule has 0 N–H and O–H groups in total. The number of nitro groups is 1. The Balaban J connectivity index is 1.35. The molecule has 2 amide bonds. The number of ether oxygens (including phenoxy) is 3. The Labute approximate surface area is 226 Å². The lowest BCUT2D eigenvalue weighted by Crippen LogP contribution is -2.27. The Morgan fingerprint density at radius 1 is 1.10 bits per heavy atom. The highest BCUT2D eigenvalue weighted by Crippen LogP contribution is 2.40. The summed E-state index contributed by atoms with van der Waals surface area (Å²) in [7, 11) is 0. The van der Waals surface area contributed by atoms with E-state index in [4.69, 9.17) is 25.8 Å². The van der Waals surface area contributed by atoms with Gasteiger partial charge in [0.25, 0.3) is 11.1 Å². The Morgan fingerprint density at radius 2 is 1.85 bits per heavy atom. The minimum Gasteiger partial charge on any atom is -0.454 e. The fraction of sp³-hybridized carbons (Fsp3) is 0.120. The molecule has 0 spiro atoms. The number of hydrogen-bond donors (Lipinski definition) is 0. The van der Waals surface area contributed by atoms with Crippen LogP contribution in [0.4, 0.5) is 23.7 Å². The van der Waals surface area contributed by atoms with E-state index in [1.54, 1.807) is 18.2 Å². The van der Waals surface area contributed by atoms with E-state index in [1.165, 1.54) is 24.3 Å². The lowest BCUT2D eigenvalue weighted by atomic mass is 10.1. The standard InChI is InChI=1S/C25H14ClF3N2O7S/c26-17-10-21-20(36-12-37-21)8-14(17)11-30-23(32)22(39-24(30)33)7-13-2-1-3-16(6-13)38-19-5-4-15(25(27,28)29)9-18(19)31(34)35/h1-10H,11-12H2/b22-7+. The number of benzene rings is 3. The summed E-state index contributed by atoms with van der Waals surface area (Å²) in [6.07, 6.45) is -3.33. The van der Waals surface area contributed by atoms with Gasteiger partial charge < -0.3 is 14.2 Å². The Morgan fingerprint density at radius 3 is 2.56 bits per heavy atom. The van der Waals surface area contributed by atoms with Crippen molar-refractivity contribution in [3.8, 4) is 23.0 Å². The van der Waals surface area contributed by atoms with Crippen LogP contribution in [0.3, 0.4) is 0 Å². The van der Waals surface area contributed by atoms with Crippen LogP contribution in [0.15, 0.2) is 59.5 Å². The van der Waals surface area contributed by atoms with Gasteiger partial charge in [0.2, 0.25) is 12.5 Å². The summed E-state index contributed by atoms with van der Waals surface area (Å²) in [5.41, 5.74) is -1.15. The van der Waals surface area contributed by atoms with Crippen LogP contribution >= 0.6 is 23.4 Å². The molecule has 0 aliphatic carbocycles. The van der Waals surface area contributed by atoms with E-state index in [-0.39, 0.29) is 24.0 Å². The number of carbonyl (C=O) groups is 2. The molecular weight excluding hydrogens is 565 g/mol. The number of nitro benzene ring substituents is 1. The van der Waals surface area contributed by atoms with Gasteiger partial charge in [-0.25, -0.2) is 0 Å². The van der Waals surface area contributed by atoms with Gasteiger partial charge in [-0.05, 0) is 59.3 Å². The predicted molar refractivity (Wildman–Crippen MR) is 134 cm³/mol. The molecule has 0 aromatic heterocycles. The van der Waals surface area contributed by atoms with Crippen molar-refractivity contribution in [1.29, 1.82) is 0 Å². The Hall–Kier alpha value is -4.23. The number of imide groups is 1. The molecule has 0 bridgehead atoms. The number of hydrogen-bond acceptors (Lipinski definition) is 8. The molecule has 2 heterocycles. The van der Waals surface area contributed by atoms with Gasteiger partial charge in [-0.3, -0.25) is 24.6 Å². The summed E-state index contributed by atoms with van der Waals surface area (Å²) in [5, 5.41) is 11.1. The van der Waals surface area contributed by atoms with Gasteiger partial charge in [-0.1, -0.05) is 23.7 Å². The number of carbonyl (C=O) groups excluding carboxylic acids is 2. The molecule has 14 heteroatoms. The van der Waals surface area contributed by atoms with Gasteiger partial charge in [-0.2, -0.15) is 13.2 Å². The fourth-order valence-electron chi connectivity index (χ4n) is 3.76. The highest BCUT2D eigenvalue weighted by molar-refractivity contribution is 8.18. The van der Waals surface area contributed by atoms with Crippen LogP contribution in [0.2, 0.25) is 5.02 Å².